The molecule has 21 heteroatoms. The molecule has 8 amide bonds. The van der Waals surface area contributed by atoms with Crippen molar-refractivity contribution in [3.05, 3.63) is 84.1 Å². The molecule has 6 atom stereocenters. The lowest BCUT2D eigenvalue weighted by atomic mass is 9.78. The van der Waals surface area contributed by atoms with E-state index in [-0.39, 0.29) is 71.2 Å². The van der Waals surface area contributed by atoms with Gasteiger partial charge in [-0.05, 0) is 60.2 Å². The third-order valence-electron chi connectivity index (χ3n) is 12.6. The van der Waals surface area contributed by atoms with E-state index in [9.17, 15) is 24.0 Å². The zero-order valence-corrected chi connectivity index (χ0v) is 37.0. The Morgan fingerprint density at radius 3 is 2.33 bits per heavy atom. The number of carbonyl (C=O) groups excluding carboxylic acids is 8. The van der Waals surface area contributed by atoms with Crippen LogP contribution in [-0.4, -0.2) is 132 Å². The van der Waals surface area contributed by atoms with Crippen LogP contribution in [0.1, 0.15) is 49.7 Å². The average molecular weight is 922 g/mol. The number of fused-ring (bicyclic) bond motifs is 5. The molecule has 4 heterocycles. The second-order valence-electron chi connectivity index (χ2n) is 17.3. The van der Waals surface area contributed by atoms with Crippen LogP contribution in [0.5, 0.6) is 0 Å². The minimum absolute atomic E-state index is 0.0122. The van der Waals surface area contributed by atoms with E-state index in [1.54, 1.807) is 6.20 Å². The van der Waals surface area contributed by atoms with Crippen LogP contribution in [0.25, 0.3) is 21.7 Å². The van der Waals surface area contributed by atoms with Crippen molar-refractivity contribution in [3.8, 4) is 0 Å². The van der Waals surface area contributed by atoms with Gasteiger partial charge in [-0.3, -0.25) is 43.8 Å². The minimum atomic E-state index is -2.11. The van der Waals surface area contributed by atoms with Crippen LogP contribution in [0.2, 0.25) is 0 Å². The highest BCUT2D eigenvalue weighted by Gasteiger charge is 2.52. The Morgan fingerprint density at radius 1 is 0.791 bits per heavy atom. The number of benzene rings is 3. The topological polar surface area (TPSA) is 330 Å². The van der Waals surface area contributed by atoms with E-state index in [1.165, 1.54) is 0 Å². The predicted octanol–water partition coefficient (Wildman–Crippen LogP) is -1.90. The van der Waals surface area contributed by atoms with Crippen molar-refractivity contribution in [1.82, 2.24) is 52.4 Å². The fraction of sp³-hybridized carbons (Fsp3) is 0.435. The Balaban J connectivity index is 1.35. The summed E-state index contributed by atoms with van der Waals surface area (Å²) < 4.78 is 0. The van der Waals surface area contributed by atoms with Crippen molar-refractivity contribution in [2.24, 2.45) is 17.2 Å². The molecular formula is C46H59N13O8. The molecule has 3 saturated heterocycles. The lowest BCUT2D eigenvalue weighted by Gasteiger charge is -2.41. The van der Waals surface area contributed by atoms with Crippen molar-refractivity contribution < 1.29 is 38.4 Å². The highest BCUT2D eigenvalue weighted by atomic mass is 16.2. The predicted molar refractivity (Wildman–Crippen MR) is 247 cm³/mol. The number of aromatic amines is 1. The third kappa shape index (κ3) is 11.6. The van der Waals surface area contributed by atoms with Gasteiger partial charge in [0.15, 0.2) is 5.78 Å². The second-order valence-corrected chi connectivity index (χ2v) is 17.3. The van der Waals surface area contributed by atoms with Crippen LogP contribution in [-0.2, 0) is 46.4 Å². The number of Topliss-reactive ketones (excluding diaryl/α,β-unsaturated/α-hetero) is 1. The molecule has 0 radical (unpaired) electrons. The summed E-state index contributed by atoms with van der Waals surface area (Å²) in [5.41, 5.74) is 17.6. The fourth-order valence-corrected chi connectivity index (χ4v) is 9.04. The summed E-state index contributed by atoms with van der Waals surface area (Å²) in [7, 11) is 0. The molecule has 3 fully saturated rings. The number of nitrogens with two attached hydrogens (primary N) is 3. The Bertz CT molecular complexity index is 2510. The molecule has 4 aromatic rings. The Kier molecular flexibility index (Phi) is 15.6. The van der Waals surface area contributed by atoms with E-state index < -0.39 is 95.7 Å². The number of nitrogens with zero attached hydrogens (tertiary/aromatic N) is 1. The molecule has 1 aromatic heterocycles. The largest absolute Gasteiger partial charge is 0.368 e. The maximum absolute atomic E-state index is 15.4. The summed E-state index contributed by atoms with van der Waals surface area (Å²) in [6.07, 6.45) is 0.188. The van der Waals surface area contributed by atoms with Crippen LogP contribution >= 0.6 is 0 Å². The summed E-state index contributed by atoms with van der Waals surface area (Å²) in [6, 6.07) is 12.8. The summed E-state index contributed by atoms with van der Waals surface area (Å²) in [5.74, 6) is -5.34. The summed E-state index contributed by atoms with van der Waals surface area (Å²) in [5, 5.41) is 25.6. The number of nitrogens with one attached hydrogen (secondary N) is 9. The highest BCUT2D eigenvalue weighted by Crippen LogP contribution is 2.26. The van der Waals surface area contributed by atoms with Gasteiger partial charge >= 0.3 is 6.03 Å². The SMILES string of the molecule is NC(=O)[C@@H]1CCCCN[C@@]2(CCNC(N)N)C(=O)C[C@@H]3NC(=O)N(CCNCCC(=O)N[C@H](Cc4ccc5ccccc5c4)C(=O)NC2C(=O)N[C@@H](Cc2c[nH]c4ccccc24)C(=O)N1)C3=O. The van der Waals surface area contributed by atoms with E-state index >= 15 is 14.4 Å². The maximum Gasteiger partial charge on any atom is 0.324 e. The monoisotopic (exact) mass is 921 g/mol. The molecule has 1 unspecified atom stereocenters. The second kappa shape index (κ2) is 21.7. The van der Waals surface area contributed by atoms with Gasteiger partial charge in [0.1, 0.15) is 42.0 Å². The number of primary amides is 1. The van der Waals surface area contributed by atoms with E-state index in [0.29, 0.717) is 17.5 Å². The number of imide groups is 1. The minimum Gasteiger partial charge on any atom is -0.368 e. The fourth-order valence-electron chi connectivity index (χ4n) is 9.04. The van der Waals surface area contributed by atoms with Gasteiger partial charge < -0.3 is 59.4 Å². The molecule has 7 rings (SSSR count). The molecular weight excluding hydrogens is 863 g/mol. The van der Waals surface area contributed by atoms with E-state index in [0.717, 1.165) is 26.6 Å². The van der Waals surface area contributed by atoms with Gasteiger partial charge in [0.25, 0.3) is 5.91 Å². The molecule has 0 spiro atoms. The molecule has 3 aliphatic rings. The van der Waals surface area contributed by atoms with Crippen molar-refractivity contribution >= 4 is 68.9 Å². The third-order valence-corrected chi connectivity index (χ3v) is 12.6. The number of rotatable bonds is 9. The lowest BCUT2D eigenvalue weighted by molar-refractivity contribution is -0.140. The first-order chi connectivity index (χ1) is 32.2. The lowest BCUT2D eigenvalue weighted by Crippen LogP contribution is -2.73. The number of carbonyl (C=O) groups is 8. The van der Waals surface area contributed by atoms with Gasteiger partial charge in [-0.2, -0.15) is 0 Å². The number of urea groups is 1. The molecule has 0 aliphatic carbocycles. The Hall–Kier alpha value is -6.78. The maximum atomic E-state index is 15.4. The number of para-hydroxylation sites is 1. The van der Waals surface area contributed by atoms with Crippen LogP contribution in [0, 0.1) is 0 Å². The normalized spacial score (nSPS) is 25.4. The summed E-state index contributed by atoms with van der Waals surface area (Å²) in [6.45, 7) is 0.0984. The van der Waals surface area contributed by atoms with Crippen molar-refractivity contribution in [3.63, 3.8) is 0 Å². The molecule has 3 aromatic carbocycles. The molecule has 356 valence electrons. The van der Waals surface area contributed by atoms with Crippen LogP contribution < -0.4 is 59.7 Å². The molecule has 3 aliphatic heterocycles. The van der Waals surface area contributed by atoms with Crippen LogP contribution in [0.3, 0.4) is 0 Å². The molecule has 15 N–H and O–H groups in total. The van der Waals surface area contributed by atoms with E-state index in [4.69, 9.17) is 17.2 Å². The van der Waals surface area contributed by atoms with Crippen LogP contribution in [0.4, 0.5) is 4.79 Å². The number of ketones is 1. The number of hydrogen-bond acceptors (Lipinski definition) is 13. The Labute approximate surface area is 386 Å². The number of hydrogen-bond donors (Lipinski definition) is 12. The van der Waals surface area contributed by atoms with Crippen molar-refractivity contribution in [1.29, 1.82) is 0 Å². The smallest absolute Gasteiger partial charge is 0.324 e. The molecule has 0 saturated carbocycles. The summed E-state index contributed by atoms with van der Waals surface area (Å²) in [4.78, 5) is 118. The molecule has 21 nitrogen and oxygen atoms in total. The standard InChI is InChI=1S/C46H59N13O8/c47-39(62)32-11-5-6-16-53-46(15-18-51-44(48)49)36(60)24-35-43(66)59(45(67)57-35)20-19-50-17-14-37(61)54-33(22-26-12-13-27-7-1-2-8-28(27)21-26)41(64)58-38(46)42(65)56-34(40(63)55-32)23-29-25-52-31-10-4-3-9-30(29)31/h1-4,7-10,12-13,21,25,32-35,38,44,50-53H,5-6,11,14-20,22-24,48-49H2,(H2,47,62)(H,54,61)(H,55,63)(H,56,65)(H,57,67)(H,58,64)/t32-,33+,34-,35-,38?,46-/m0/s1. The van der Waals surface area contributed by atoms with Crippen molar-refractivity contribution in [2.45, 2.75) is 93.4 Å². The van der Waals surface area contributed by atoms with Gasteiger partial charge in [-0.15, -0.1) is 0 Å². The van der Waals surface area contributed by atoms with E-state index in [1.807, 2.05) is 66.7 Å². The average Bonchev–Trinajstić information content (AvgIpc) is 3.83. The van der Waals surface area contributed by atoms with E-state index in [2.05, 4.69) is 47.5 Å². The first-order valence-electron chi connectivity index (χ1n) is 22.6. The van der Waals surface area contributed by atoms with Gasteiger partial charge in [0.05, 0.1) is 0 Å². The van der Waals surface area contributed by atoms with Gasteiger partial charge in [0.2, 0.25) is 29.5 Å². The number of H-pyrrole nitrogens is 1. The number of aromatic nitrogens is 1. The Morgan fingerprint density at radius 2 is 1.54 bits per heavy atom. The first-order valence-corrected chi connectivity index (χ1v) is 22.6. The van der Waals surface area contributed by atoms with Crippen molar-refractivity contribution in [2.75, 3.05) is 32.7 Å². The zero-order chi connectivity index (χ0) is 47.7. The quantitative estimate of drug-likeness (QED) is 0.0646. The zero-order valence-electron chi connectivity index (χ0n) is 37.0. The van der Waals surface area contributed by atoms with Gasteiger partial charge in [-0.25, -0.2) is 4.79 Å². The first kappa shape index (κ1) is 48.2. The molecule has 67 heavy (non-hydrogen) atoms. The van der Waals surface area contributed by atoms with Crippen LogP contribution in [0.15, 0.2) is 72.9 Å². The van der Waals surface area contributed by atoms with Gasteiger partial charge in [0, 0.05) is 69.0 Å². The highest BCUT2D eigenvalue weighted by molar-refractivity contribution is 6.08. The van der Waals surface area contributed by atoms with Gasteiger partial charge in [-0.1, -0.05) is 60.7 Å². The summed E-state index contributed by atoms with van der Waals surface area (Å²) >= 11 is 0. The number of amides is 8. The molecule has 2 bridgehead atoms.